The number of amides is 1. The zero-order valence-corrected chi connectivity index (χ0v) is 19.1. The first-order chi connectivity index (χ1) is 15.2. The minimum absolute atomic E-state index is 0.0712. The van der Waals surface area contributed by atoms with E-state index in [1.165, 1.54) is 32.1 Å². The molecule has 7 nitrogen and oxygen atoms in total. The van der Waals surface area contributed by atoms with E-state index in [1.807, 2.05) is 12.1 Å². The molecule has 2 aliphatic rings. The van der Waals surface area contributed by atoms with Gasteiger partial charge in [-0.3, -0.25) is 4.79 Å². The maximum absolute atomic E-state index is 11.8. The highest BCUT2D eigenvalue weighted by atomic mass is 16.3. The van der Waals surface area contributed by atoms with Crippen molar-refractivity contribution in [2.45, 2.75) is 52.0 Å². The van der Waals surface area contributed by atoms with E-state index in [-0.39, 0.29) is 17.4 Å². The van der Waals surface area contributed by atoms with Crippen LogP contribution < -0.4 is 10.2 Å². The molecule has 0 radical (unpaired) electrons. The smallest absolute Gasteiger partial charge is 0.286 e. The molecule has 2 saturated carbocycles. The lowest BCUT2D eigenvalue weighted by Gasteiger charge is -2.44. The van der Waals surface area contributed by atoms with Crippen LogP contribution in [0.4, 0.5) is 5.82 Å². The number of rotatable bonds is 4. The average molecular weight is 435 g/mol. The Hall–Kier alpha value is -3.09. The van der Waals surface area contributed by atoms with Gasteiger partial charge in [-0.25, -0.2) is 0 Å². The van der Waals surface area contributed by atoms with Crippen LogP contribution in [0.3, 0.4) is 0 Å². The molecule has 0 saturated heterocycles. The van der Waals surface area contributed by atoms with Crippen LogP contribution in [-0.4, -0.2) is 41.3 Å². The molecule has 2 N–H and O–H groups in total. The van der Waals surface area contributed by atoms with Gasteiger partial charge in [0.05, 0.1) is 5.69 Å². The van der Waals surface area contributed by atoms with Crippen LogP contribution in [0.25, 0.3) is 22.2 Å². The van der Waals surface area contributed by atoms with E-state index < -0.39 is 0 Å². The van der Waals surface area contributed by atoms with E-state index in [2.05, 4.69) is 41.3 Å². The zero-order valence-electron chi connectivity index (χ0n) is 19.1. The molecule has 168 valence electrons. The van der Waals surface area contributed by atoms with E-state index in [4.69, 9.17) is 4.42 Å². The predicted molar refractivity (Wildman–Crippen MR) is 124 cm³/mol. The third kappa shape index (κ3) is 3.49. The lowest BCUT2D eigenvalue weighted by Crippen LogP contribution is -2.42. The van der Waals surface area contributed by atoms with E-state index in [9.17, 15) is 9.90 Å². The standard InChI is InChI=1S/C25H30N4O3/c1-24-7-8-25(2,14-24)13-16(12-24)29(4)22-6-5-18(27-28-22)17-11-20-15(9-19(17)30)10-21(32-20)23(31)26-3/h5-6,9-11,16,30H,7-8,12-14H2,1-4H3,(H,26,31)/t16-,24-,25+. The summed E-state index contributed by atoms with van der Waals surface area (Å²) in [5.41, 5.74) is 2.45. The SMILES string of the molecule is CNC(=O)c1cc2cc(O)c(-c3ccc(N(C)[C@H]4C[C@]5(C)CC[C@](C)(C4)C5)nn3)cc2o1. The first-order valence-electron chi connectivity index (χ1n) is 11.2. The van der Waals surface area contributed by atoms with Crippen LogP contribution in [-0.2, 0) is 0 Å². The molecular weight excluding hydrogens is 404 g/mol. The van der Waals surface area contributed by atoms with Crippen LogP contribution >= 0.6 is 0 Å². The Labute approximate surface area is 187 Å². The molecule has 2 heterocycles. The first-order valence-corrected chi connectivity index (χ1v) is 11.2. The Balaban J connectivity index is 1.40. The second-order valence-electron chi connectivity index (χ2n) is 10.3. The summed E-state index contributed by atoms with van der Waals surface area (Å²) in [4.78, 5) is 14.1. The monoisotopic (exact) mass is 434 g/mol. The molecule has 2 bridgehead atoms. The molecule has 2 aliphatic carbocycles. The van der Waals surface area contributed by atoms with Crippen molar-refractivity contribution < 1.29 is 14.3 Å². The Bertz CT molecular complexity index is 1170. The largest absolute Gasteiger partial charge is 0.507 e. The van der Waals surface area contributed by atoms with Gasteiger partial charge in [-0.1, -0.05) is 13.8 Å². The summed E-state index contributed by atoms with van der Waals surface area (Å²) in [5.74, 6) is 0.800. The Kier molecular flexibility index (Phi) is 4.69. The van der Waals surface area contributed by atoms with Crippen molar-refractivity contribution in [3.63, 3.8) is 0 Å². The molecule has 7 heteroatoms. The van der Waals surface area contributed by atoms with Crippen molar-refractivity contribution in [3.8, 4) is 17.0 Å². The van der Waals surface area contributed by atoms with Gasteiger partial charge < -0.3 is 19.7 Å². The molecule has 0 spiro atoms. The topological polar surface area (TPSA) is 91.5 Å². The summed E-state index contributed by atoms with van der Waals surface area (Å²) in [6.07, 6.45) is 6.33. The van der Waals surface area contributed by atoms with Gasteiger partial charge in [0.25, 0.3) is 5.91 Å². The van der Waals surface area contributed by atoms with Gasteiger partial charge in [0, 0.05) is 31.1 Å². The summed E-state index contributed by atoms with van der Waals surface area (Å²) >= 11 is 0. The number of nitrogens with one attached hydrogen (secondary N) is 1. The summed E-state index contributed by atoms with van der Waals surface area (Å²) in [6.45, 7) is 4.85. The van der Waals surface area contributed by atoms with Gasteiger partial charge in [0.1, 0.15) is 11.3 Å². The van der Waals surface area contributed by atoms with Crippen LogP contribution in [0, 0.1) is 10.8 Å². The van der Waals surface area contributed by atoms with Gasteiger partial charge in [-0.2, -0.15) is 0 Å². The normalized spacial score (nSPS) is 26.9. The second-order valence-corrected chi connectivity index (χ2v) is 10.3. The van der Waals surface area contributed by atoms with Gasteiger partial charge in [0.2, 0.25) is 0 Å². The lowest BCUT2D eigenvalue weighted by molar-refractivity contribution is 0.0938. The number of hydrogen-bond acceptors (Lipinski definition) is 6. The van der Waals surface area contributed by atoms with E-state index in [0.717, 1.165) is 5.82 Å². The molecule has 2 fully saturated rings. The maximum atomic E-state index is 11.8. The number of aromatic hydroxyl groups is 1. The number of fused-ring (bicyclic) bond motifs is 3. The number of phenolic OH excluding ortho intramolecular Hbond substituents is 1. The van der Waals surface area contributed by atoms with Crippen molar-refractivity contribution >= 4 is 22.7 Å². The molecule has 32 heavy (non-hydrogen) atoms. The van der Waals surface area contributed by atoms with Crippen LogP contribution in [0.15, 0.2) is 34.7 Å². The third-order valence-electron chi connectivity index (χ3n) is 7.56. The third-order valence-corrected chi connectivity index (χ3v) is 7.56. The fourth-order valence-electron chi connectivity index (χ4n) is 6.00. The number of anilines is 1. The fraction of sp³-hybridized carbons (Fsp3) is 0.480. The van der Waals surface area contributed by atoms with Crippen molar-refractivity contribution in [3.05, 3.63) is 36.1 Å². The minimum Gasteiger partial charge on any atom is -0.507 e. The number of carbonyl (C=O) groups is 1. The lowest BCUT2D eigenvalue weighted by atomic mass is 9.68. The van der Waals surface area contributed by atoms with E-state index in [0.29, 0.717) is 39.1 Å². The summed E-state index contributed by atoms with van der Waals surface area (Å²) in [5, 5.41) is 22.6. The van der Waals surface area contributed by atoms with Crippen molar-refractivity contribution in [1.82, 2.24) is 15.5 Å². The molecule has 3 atom stereocenters. The number of aromatic nitrogens is 2. The molecule has 1 aromatic carbocycles. The zero-order chi connectivity index (χ0) is 22.7. The van der Waals surface area contributed by atoms with Crippen molar-refractivity contribution in [1.29, 1.82) is 0 Å². The Morgan fingerprint density at radius 1 is 1.16 bits per heavy atom. The molecule has 2 aromatic heterocycles. The maximum Gasteiger partial charge on any atom is 0.286 e. The second kappa shape index (κ2) is 7.22. The van der Waals surface area contributed by atoms with Crippen LogP contribution in [0.1, 0.15) is 56.5 Å². The van der Waals surface area contributed by atoms with Crippen molar-refractivity contribution in [2.75, 3.05) is 19.0 Å². The number of hydrogen-bond donors (Lipinski definition) is 2. The van der Waals surface area contributed by atoms with Gasteiger partial charge >= 0.3 is 0 Å². The number of phenols is 1. The molecule has 0 aliphatic heterocycles. The number of carbonyl (C=O) groups excluding carboxylic acids is 1. The molecule has 3 aromatic rings. The summed E-state index contributed by atoms with van der Waals surface area (Å²) in [6, 6.07) is 9.19. The fourth-order valence-corrected chi connectivity index (χ4v) is 6.00. The highest BCUT2D eigenvalue weighted by Crippen LogP contribution is 2.58. The predicted octanol–water partition coefficient (Wildman–Crippen LogP) is 4.75. The highest BCUT2D eigenvalue weighted by molar-refractivity contribution is 5.97. The summed E-state index contributed by atoms with van der Waals surface area (Å²) < 4.78 is 5.64. The van der Waals surface area contributed by atoms with Gasteiger partial charge in [-0.05, 0) is 73.3 Å². The minimum atomic E-state index is -0.312. The number of nitrogens with zero attached hydrogens (tertiary/aromatic N) is 3. The van der Waals surface area contributed by atoms with Crippen LogP contribution in [0.2, 0.25) is 0 Å². The summed E-state index contributed by atoms with van der Waals surface area (Å²) in [7, 11) is 3.66. The molecular formula is C25H30N4O3. The quantitative estimate of drug-likeness (QED) is 0.616. The Morgan fingerprint density at radius 3 is 2.50 bits per heavy atom. The first kappa shape index (κ1) is 20.8. The number of benzene rings is 1. The average Bonchev–Trinajstić information content (AvgIpc) is 3.28. The van der Waals surface area contributed by atoms with Crippen molar-refractivity contribution in [2.24, 2.45) is 10.8 Å². The highest BCUT2D eigenvalue weighted by Gasteiger charge is 2.50. The molecule has 1 amide bonds. The van der Waals surface area contributed by atoms with E-state index in [1.54, 1.807) is 25.2 Å². The van der Waals surface area contributed by atoms with Crippen LogP contribution in [0.5, 0.6) is 5.75 Å². The Morgan fingerprint density at radius 2 is 1.88 bits per heavy atom. The number of furan rings is 1. The van der Waals surface area contributed by atoms with E-state index >= 15 is 0 Å². The molecule has 5 rings (SSSR count). The van der Waals surface area contributed by atoms with Gasteiger partial charge in [0.15, 0.2) is 11.6 Å². The van der Waals surface area contributed by atoms with Gasteiger partial charge in [-0.15, -0.1) is 10.2 Å². The molecule has 0 unspecified atom stereocenters.